The number of H-pyrrole nitrogens is 1. The molecule has 0 saturated carbocycles. The molecule has 0 aromatic carbocycles. The van der Waals surface area contributed by atoms with Crippen molar-refractivity contribution >= 4 is 29.4 Å². The van der Waals surface area contributed by atoms with Crippen LogP contribution in [-0.2, 0) is 4.79 Å². The van der Waals surface area contributed by atoms with Crippen molar-refractivity contribution < 1.29 is 4.79 Å². The van der Waals surface area contributed by atoms with Gasteiger partial charge in [0.25, 0.3) is 0 Å². The Morgan fingerprint density at radius 3 is 3.22 bits per heavy atom. The summed E-state index contributed by atoms with van der Waals surface area (Å²) in [5.74, 6) is 1.84. The van der Waals surface area contributed by atoms with E-state index in [0.29, 0.717) is 16.8 Å². The Kier molecular flexibility index (Phi) is 3.13. The molecule has 2 aliphatic heterocycles. The zero-order valence-electron chi connectivity index (χ0n) is 9.33. The number of nitrogens with one attached hydrogen (secondary N) is 1. The second kappa shape index (κ2) is 4.77. The average Bonchev–Trinajstić information content (AvgIpc) is 2.36. The minimum atomic E-state index is -0.440. The number of nitrogens with zero attached hydrogens (tertiary/aromatic N) is 3. The molecule has 1 amide bonds. The largest absolute Gasteiger partial charge is 0.362 e. The van der Waals surface area contributed by atoms with E-state index in [1.165, 1.54) is 23.5 Å². The molecule has 0 spiro atoms. The Bertz CT molecular complexity index is 571. The first-order chi connectivity index (χ1) is 8.72. The third kappa shape index (κ3) is 2.30. The molecule has 1 saturated heterocycles. The first-order valence-corrected chi connectivity index (χ1v) is 7.43. The van der Waals surface area contributed by atoms with Crippen LogP contribution in [0.5, 0.6) is 0 Å². The van der Waals surface area contributed by atoms with Crippen molar-refractivity contribution in [2.45, 2.75) is 16.8 Å². The number of fused-ring (bicyclic) bond motifs is 1. The lowest BCUT2D eigenvalue weighted by Crippen LogP contribution is -2.49. The monoisotopic (exact) mass is 282 g/mol. The predicted octanol–water partition coefficient (Wildman–Crippen LogP) is 0.446. The van der Waals surface area contributed by atoms with Crippen molar-refractivity contribution in [3.8, 4) is 0 Å². The Morgan fingerprint density at radius 2 is 2.44 bits per heavy atom. The van der Waals surface area contributed by atoms with E-state index in [1.54, 1.807) is 16.7 Å². The fourth-order valence-electron chi connectivity index (χ4n) is 1.74. The van der Waals surface area contributed by atoms with Crippen LogP contribution in [0.25, 0.3) is 0 Å². The number of hydrogen-bond donors (Lipinski definition) is 1. The molecule has 1 atom stereocenters. The highest BCUT2D eigenvalue weighted by Crippen LogP contribution is 2.36. The minimum absolute atomic E-state index is 0.186. The molecule has 0 radical (unpaired) electrons. The van der Waals surface area contributed by atoms with Gasteiger partial charge in [0.2, 0.25) is 5.91 Å². The molecule has 0 unspecified atom stereocenters. The van der Waals surface area contributed by atoms with E-state index >= 15 is 0 Å². The fraction of sp³-hybridized carbons (Fsp3) is 0.400. The van der Waals surface area contributed by atoms with Crippen LogP contribution >= 0.6 is 23.5 Å². The Labute approximate surface area is 111 Å². The fourth-order valence-corrected chi connectivity index (χ4v) is 3.84. The second-order valence-electron chi connectivity index (χ2n) is 3.97. The van der Waals surface area contributed by atoms with E-state index in [4.69, 9.17) is 0 Å². The molecule has 6 nitrogen and oxygen atoms in total. The number of rotatable bonds is 3. The Hall–Kier alpha value is -1.28. The van der Waals surface area contributed by atoms with Crippen LogP contribution in [0.1, 0.15) is 6.42 Å². The second-order valence-corrected chi connectivity index (χ2v) is 6.13. The van der Waals surface area contributed by atoms with Gasteiger partial charge < -0.3 is 4.90 Å². The van der Waals surface area contributed by atoms with E-state index < -0.39 is 5.69 Å². The summed E-state index contributed by atoms with van der Waals surface area (Å²) in [6.07, 6.45) is 4.11. The Morgan fingerprint density at radius 1 is 1.56 bits per heavy atom. The van der Waals surface area contributed by atoms with Gasteiger partial charge in [0, 0.05) is 17.7 Å². The molecular formula is C10H10N4O2S2. The molecule has 3 rings (SSSR count). The summed E-state index contributed by atoms with van der Waals surface area (Å²) in [6.45, 7) is 0. The minimum Gasteiger partial charge on any atom is -0.306 e. The van der Waals surface area contributed by atoms with Crippen LogP contribution in [0.3, 0.4) is 0 Å². The maximum absolute atomic E-state index is 11.3. The summed E-state index contributed by atoms with van der Waals surface area (Å²) >= 11 is 3.24. The van der Waals surface area contributed by atoms with Crippen molar-refractivity contribution in [3.63, 3.8) is 0 Å². The van der Waals surface area contributed by atoms with E-state index in [2.05, 4.69) is 15.2 Å². The topological polar surface area (TPSA) is 79.0 Å². The number of hydrogen-bond acceptors (Lipinski definition) is 6. The van der Waals surface area contributed by atoms with E-state index in [9.17, 15) is 9.59 Å². The van der Waals surface area contributed by atoms with Crippen LogP contribution in [0.2, 0.25) is 0 Å². The normalized spacial score (nSPS) is 22.2. The first-order valence-electron chi connectivity index (χ1n) is 5.39. The molecule has 1 aromatic heterocycles. The number of carbonyl (C=O) groups is 1. The SMILES string of the molecule is O=C1C[C@H]2SCC(CSc3cn[nH]c(=O)n3)=CN12. The van der Waals surface area contributed by atoms with Crippen molar-refractivity contribution in [2.24, 2.45) is 0 Å². The van der Waals surface area contributed by atoms with Crippen molar-refractivity contribution in [2.75, 3.05) is 11.5 Å². The summed E-state index contributed by atoms with van der Waals surface area (Å²) in [6, 6.07) is 0. The van der Waals surface area contributed by atoms with Crippen molar-refractivity contribution in [3.05, 3.63) is 28.5 Å². The summed E-state index contributed by atoms with van der Waals surface area (Å²) in [4.78, 5) is 27.9. The van der Waals surface area contributed by atoms with Gasteiger partial charge in [0.05, 0.1) is 18.0 Å². The smallest absolute Gasteiger partial charge is 0.306 e. The van der Waals surface area contributed by atoms with Crippen molar-refractivity contribution in [1.82, 2.24) is 20.1 Å². The van der Waals surface area contributed by atoms with Gasteiger partial charge in [-0.15, -0.1) is 23.5 Å². The number of aromatic nitrogens is 3. The first kappa shape index (κ1) is 11.8. The van der Waals surface area contributed by atoms with Crippen LogP contribution in [0, 0.1) is 0 Å². The molecule has 1 fully saturated rings. The van der Waals surface area contributed by atoms with Gasteiger partial charge in [-0.25, -0.2) is 9.89 Å². The van der Waals surface area contributed by atoms with E-state index in [1.807, 2.05) is 6.20 Å². The molecule has 2 aliphatic rings. The van der Waals surface area contributed by atoms with Crippen molar-refractivity contribution in [1.29, 1.82) is 0 Å². The highest BCUT2D eigenvalue weighted by atomic mass is 32.2. The van der Waals surface area contributed by atoms with Gasteiger partial charge in [-0.05, 0) is 5.57 Å². The third-order valence-corrected chi connectivity index (χ3v) is 5.01. The van der Waals surface area contributed by atoms with Gasteiger partial charge >= 0.3 is 5.69 Å². The molecule has 18 heavy (non-hydrogen) atoms. The molecule has 8 heteroatoms. The van der Waals surface area contributed by atoms with Crippen LogP contribution in [-0.4, -0.2) is 42.9 Å². The van der Waals surface area contributed by atoms with E-state index in [-0.39, 0.29) is 5.91 Å². The highest BCUT2D eigenvalue weighted by molar-refractivity contribution is 8.01. The molecule has 1 N–H and O–H groups in total. The maximum atomic E-state index is 11.3. The van der Waals surface area contributed by atoms with Gasteiger partial charge in [-0.2, -0.15) is 10.1 Å². The zero-order valence-corrected chi connectivity index (χ0v) is 11.0. The number of thioether (sulfide) groups is 2. The summed E-state index contributed by atoms with van der Waals surface area (Å²) < 4.78 is 0. The highest BCUT2D eigenvalue weighted by Gasteiger charge is 2.37. The molecule has 0 aliphatic carbocycles. The quantitative estimate of drug-likeness (QED) is 0.640. The van der Waals surface area contributed by atoms with Gasteiger partial charge in [-0.1, -0.05) is 0 Å². The molecule has 1 aromatic rings. The maximum Gasteiger partial charge on any atom is 0.362 e. The summed E-state index contributed by atoms with van der Waals surface area (Å²) in [7, 11) is 0. The van der Waals surface area contributed by atoms with E-state index in [0.717, 1.165) is 11.5 Å². The predicted molar refractivity (Wildman–Crippen MR) is 69.2 cm³/mol. The summed E-state index contributed by atoms with van der Waals surface area (Å²) in [5, 5.41) is 6.86. The number of aromatic amines is 1. The van der Waals surface area contributed by atoms with Crippen LogP contribution in [0.15, 0.2) is 27.8 Å². The lowest BCUT2D eigenvalue weighted by atomic mass is 10.2. The molecular weight excluding hydrogens is 272 g/mol. The van der Waals surface area contributed by atoms with Crippen LogP contribution < -0.4 is 5.69 Å². The van der Waals surface area contributed by atoms with Crippen LogP contribution in [0.4, 0.5) is 0 Å². The standard InChI is InChI=1S/C10H10N4O2S2/c15-8-1-9-14(8)3-6(5-18-9)4-17-7-2-11-13-10(16)12-7/h2-3,9H,1,4-5H2,(H,12,13,16)/t9-/m1/s1. The zero-order chi connectivity index (χ0) is 12.5. The molecule has 3 heterocycles. The van der Waals surface area contributed by atoms with Gasteiger partial charge in [0.1, 0.15) is 5.03 Å². The number of β-lactam (4-membered cyclic amide) rings is 1. The van der Waals surface area contributed by atoms with Gasteiger partial charge in [-0.3, -0.25) is 4.79 Å². The third-order valence-electron chi connectivity index (χ3n) is 2.68. The molecule has 94 valence electrons. The average molecular weight is 282 g/mol. The summed E-state index contributed by atoms with van der Waals surface area (Å²) in [5.41, 5.74) is 0.737. The number of amides is 1. The number of carbonyl (C=O) groups excluding carboxylic acids is 1. The Balaban J connectivity index is 1.64. The lowest BCUT2D eigenvalue weighted by molar-refractivity contribution is -0.137. The molecule has 0 bridgehead atoms. The lowest BCUT2D eigenvalue weighted by Gasteiger charge is -2.41. The van der Waals surface area contributed by atoms with Gasteiger partial charge in [0.15, 0.2) is 0 Å².